The SMILES string of the molecule is CC(=O)c1c(C)oc(=O)c(N=Nc2ccc(S(=O)(=O)Nc3nc(C)cc(C)n3)cc2)c1N. The van der Waals surface area contributed by atoms with Crippen molar-refractivity contribution in [2.24, 2.45) is 10.2 Å². The van der Waals surface area contributed by atoms with Gasteiger partial charge in [0.05, 0.1) is 21.8 Å². The number of anilines is 2. The van der Waals surface area contributed by atoms with Crippen LogP contribution < -0.4 is 16.1 Å². The lowest BCUT2D eigenvalue weighted by molar-refractivity contribution is 0.101. The van der Waals surface area contributed by atoms with Gasteiger partial charge in [-0.1, -0.05) is 0 Å². The number of carbonyl (C=O) groups is 1. The van der Waals surface area contributed by atoms with E-state index in [1.54, 1.807) is 19.9 Å². The molecule has 1 aromatic carbocycles. The monoisotopic (exact) mass is 456 g/mol. The van der Waals surface area contributed by atoms with Crippen LogP contribution in [0.3, 0.4) is 0 Å². The number of nitrogens with zero attached hydrogens (tertiary/aromatic N) is 4. The third-order valence-corrected chi connectivity index (χ3v) is 5.63. The Balaban J connectivity index is 1.86. The summed E-state index contributed by atoms with van der Waals surface area (Å²) in [6, 6.07) is 7.11. The molecule has 3 rings (SSSR count). The number of azo groups is 1. The molecule has 0 spiro atoms. The lowest BCUT2D eigenvalue weighted by Crippen LogP contribution is -2.15. The Bertz CT molecular complexity index is 1370. The normalized spacial score (nSPS) is 11.6. The molecule has 2 aromatic heterocycles. The zero-order valence-corrected chi connectivity index (χ0v) is 18.5. The zero-order valence-electron chi connectivity index (χ0n) is 17.7. The highest BCUT2D eigenvalue weighted by Gasteiger charge is 2.19. The van der Waals surface area contributed by atoms with E-state index >= 15 is 0 Å². The molecule has 12 heteroatoms. The number of aryl methyl sites for hydroxylation is 3. The second-order valence-corrected chi connectivity index (χ2v) is 8.60. The van der Waals surface area contributed by atoms with Crippen LogP contribution >= 0.6 is 0 Å². The predicted octanol–water partition coefficient (Wildman–Crippen LogP) is 3.36. The minimum atomic E-state index is -3.93. The summed E-state index contributed by atoms with van der Waals surface area (Å²) in [5, 5.41) is 7.69. The summed E-state index contributed by atoms with van der Waals surface area (Å²) in [5.41, 5.74) is 6.15. The highest BCUT2D eigenvalue weighted by Crippen LogP contribution is 2.27. The van der Waals surface area contributed by atoms with Crippen LogP contribution in [0.4, 0.5) is 23.0 Å². The molecule has 0 atom stereocenters. The largest absolute Gasteiger partial charge is 0.426 e. The van der Waals surface area contributed by atoms with Crippen molar-refractivity contribution in [2.45, 2.75) is 32.6 Å². The summed E-state index contributed by atoms with van der Waals surface area (Å²) < 4.78 is 32.5. The van der Waals surface area contributed by atoms with E-state index in [0.29, 0.717) is 11.4 Å². The first kappa shape index (κ1) is 22.7. The fourth-order valence-corrected chi connectivity index (χ4v) is 3.88. The first-order valence-electron chi connectivity index (χ1n) is 9.29. The molecule has 0 fully saturated rings. The third kappa shape index (κ3) is 4.86. The summed E-state index contributed by atoms with van der Waals surface area (Å²) in [6.07, 6.45) is 0. The van der Waals surface area contributed by atoms with Crippen molar-refractivity contribution < 1.29 is 17.6 Å². The van der Waals surface area contributed by atoms with Crippen LogP contribution in [0.15, 0.2) is 54.7 Å². The second kappa shape index (κ2) is 8.67. The van der Waals surface area contributed by atoms with Gasteiger partial charge in [-0.15, -0.1) is 5.11 Å². The fourth-order valence-electron chi connectivity index (χ4n) is 2.94. The lowest BCUT2D eigenvalue weighted by Gasteiger charge is -2.08. The molecule has 3 N–H and O–H groups in total. The summed E-state index contributed by atoms with van der Waals surface area (Å²) in [7, 11) is -3.93. The van der Waals surface area contributed by atoms with Crippen molar-refractivity contribution >= 4 is 38.8 Å². The van der Waals surface area contributed by atoms with E-state index in [1.165, 1.54) is 38.1 Å². The van der Waals surface area contributed by atoms with Crippen LogP contribution in [0.5, 0.6) is 0 Å². The average Bonchev–Trinajstić information content (AvgIpc) is 2.66. The number of aromatic nitrogens is 2. The Labute approximate surface area is 183 Å². The molecule has 0 saturated carbocycles. The topological polar surface area (TPSA) is 170 Å². The van der Waals surface area contributed by atoms with Gasteiger partial charge in [-0.2, -0.15) is 5.11 Å². The van der Waals surface area contributed by atoms with Crippen LogP contribution in [0, 0.1) is 20.8 Å². The number of sulfonamides is 1. The lowest BCUT2D eigenvalue weighted by atomic mass is 10.1. The van der Waals surface area contributed by atoms with E-state index in [2.05, 4.69) is 24.9 Å². The summed E-state index contributed by atoms with van der Waals surface area (Å²) in [5.74, 6) is -0.321. The van der Waals surface area contributed by atoms with Gasteiger partial charge in [-0.25, -0.2) is 27.9 Å². The van der Waals surface area contributed by atoms with E-state index in [9.17, 15) is 18.0 Å². The Hall–Kier alpha value is -3.93. The van der Waals surface area contributed by atoms with Gasteiger partial charge >= 0.3 is 5.63 Å². The van der Waals surface area contributed by atoms with Gasteiger partial charge in [-0.3, -0.25) is 4.79 Å². The maximum atomic E-state index is 12.6. The molecule has 2 heterocycles. The molecule has 0 aliphatic carbocycles. The summed E-state index contributed by atoms with van der Waals surface area (Å²) in [4.78, 5) is 31.9. The van der Waals surface area contributed by atoms with E-state index in [0.717, 1.165) is 0 Å². The maximum absolute atomic E-state index is 12.6. The highest BCUT2D eigenvalue weighted by molar-refractivity contribution is 7.92. The van der Waals surface area contributed by atoms with E-state index in [1.807, 2.05) is 0 Å². The molecule has 11 nitrogen and oxygen atoms in total. The first-order chi connectivity index (χ1) is 15.0. The van der Waals surface area contributed by atoms with E-state index in [4.69, 9.17) is 10.2 Å². The molecule has 0 aliphatic rings. The number of nitrogens with one attached hydrogen (secondary N) is 1. The molecule has 0 bridgehead atoms. The minimum Gasteiger partial charge on any atom is -0.426 e. The summed E-state index contributed by atoms with van der Waals surface area (Å²) in [6.45, 7) is 6.20. The van der Waals surface area contributed by atoms with Crippen LogP contribution in [0.25, 0.3) is 0 Å². The highest BCUT2D eigenvalue weighted by atomic mass is 32.2. The standard InChI is InChI=1S/C20H20N6O5S/c1-10-9-11(2)23-20(22-10)26-32(29,30)15-7-5-14(6-8-15)24-25-18-17(21)16(12(3)27)13(4)31-19(18)28/h5-9H,21H2,1-4H3,(H,22,23,26). The van der Waals surface area contributed by atoms with Crippen molar-refractivity contribution in [2.75, 3.05) is 10.5 Å². The number of Topliss-reactive ketones (excluding diaryl/α,β-unsaturated/α-hetero) is 1. The van der Waals surface area contributed by atoms with Gasteiger partial charge < -0.3 is 10.2 Å². The van der Waals surface area contributed by atoms with Gasteiger partial charge in [0, 0.05) is 11.4 Å². The van der Waals surface area contributed by atoms with Gasteiger partial charge in [0.1, 0.15) is 5.76 Å². The average molecular weight is 456 g/mol. The van der Waals surface area contributed by atoms with Crippen LogP contribution in [-0.2, 0) is 10.0 Å². The quantitative estimate of drug-likeness (QED) is 0.420. The molecule has 0 saturated heterocycles. The molecular weight excluding hydrogens is 436 g/mol. The number of rotatable bonds is 6. The number of benzene rings is 1. The summed E-state index contributed by atoms with van der Waals surface area (Å²) >= 11 is 0. The van der Waals surface area contributed by atoms with Crippen molar-refractivity contribution in [3.8, 4) is 0 Å². The molecule has 0 amide bonds. The van der Waals surface area contributed by atoms with Gasteiger partial charge in [0.2, 0.25) is 5.95 Å². The minimum absolute atomic E-state index is 0.0332. The fraction of sp³-hybridized carbons (Fsp3) is 0.200. The number of carbonyl (C=O) groups excluding carboxylic acids is 1. The van der Waals surface area contributed by atoms with Gasteiger partial charge in [0.25, 0.3) is 10.0 Å². The van der Waals surface area contributed by atoms with E-state index in [-0.39, 0.29) is 45.0 Å². The zero-order chi connectivity index (χ0) is 23.6. The van der Waals surface area contributed by atoms with Gasteiger partial charge in [-0.05, 0) is 58.0 Å². The number of hydrogen-bond acceptors (Lipinski definition) is 10. The Kier molecular flexibility index (Phi) is 6.16. The molecule has 32 heavy (non-hydrogen) atoms. The Morgan fingerprint density at radius 3 is 2.22 bits per heavy atom. The molecular formula is C20H20N6O5S. The third-order valence-electron chi connectivity index (χ3n) is 4.29. The van der Waals surface area contributed by atoms with Crippen molar-refractivity contribution in [3.05, 3.63) is 63.5 Å². The molecule has 166 valence electrons. The van der Waals surface area contributed by atoms with Crippen LogP contribution in [0.2, 0.25) is 0 Å². The Morgan fingerprint density at radius 2 is 1.66 bits per heavy atom. The molecule has 0 radical (unpaired) electrons. The number of hydrogen-bond donors (Lipinski definition) is 2. The van der Waals surface area contributed by atoms with E-state index < -0.39 is 15.6 Å². The van der Waals surface area contributed by atoms with Gasteiger partial charge in [0.15, 0.2) is 11.5 Å². The Morgan fingerprint density at radius 1 is 1.06 bits per heavy atom. The van der Waals surface area contributed by atoms with Crippen molar-refractivity contribution in [1.29, 1.82) is 0 Å². The molecule has 0 unspecified atom stereocenters. The molecule has 3 aromatic rings. The van der Waals surface area contributed by atoms with Crippen LogP contribution in [-0.4, -0.2) is 24.2 Å². The predicted molar refractivity (Wildman–Crippen MR) is 117 cm³/mol. The molecule has 0 aliphatic heterocycles. The maximum Gasteiger partial charge on any atom is 0.366 e. The first-order valence-corrected chi connectivity index (χ1v) is 10.8. The van der Waals surface area contributed by atoms with Crippen molar-refractivity contribution in [1.82, 2.24) is 9.97 Å². The van der Waals surface area contributed by atoms with Crippen LogP contribution in [0.1, 0.15) is 34.4 Å². The smallest absolute Gasteiger partial charge is 0.366 e. The second-order valence-electron chi connectivity index (χ2n) is 6.91. The number of nitrogens with two attached hydrogens (primary N) is 1. The number of nitrogen functional groups attached to an aromatic ring is 1. The van der Waals surface area contributed by atoms with Crippen molar-refractivity contribution in [3.63, 3.8) is 0 Å². The number of ketones is 1.